The maximum atomic E-state index is 14.1. The fourth-order valence-corrected chi connectivity index (χ4v) is 5.43. The van der Waals surface area contributed by atoms with E-state index in [1.807, 2.05) is 6.07 Å². The molecule has 2 aromatic heterocycles. The highest BCUT2D eigenvalue weighted by atomic mass is 35.5. The third kappa shape index (κ3) is 2.64. The minimum absolute atomic E-state index is 0.00322. The zero-order chi connectivity index (χ0) is 25.7. The van der Waals surface area contributed by atoms with Crippen LogP contribution in [-0.4, -0.2) is 36.5 Å². The Labute approximate surface area is 210 Å². The molecule has 0 spiro atoms. The maximum absolute atomic E-state index is 14.1. The van der Waals surface area contributed by atoms with Crippen LogP contribution in [0, 0.1) is 13.8 Å². The molecule has 1 aliphatic heterocycles. The number of pyridine rings is 1. The lowest BCUT2D eigenvalue weighted by molar-refractivity contribution is 0.0905. The number of hydrogen-bond donors (Lipinski definition) is 2. The first-order chi connectivity index (χ1) is 17.1. The highest BCUT2D eigenvalue weighted by molar-refractivity contribution is 6.31. The summed E-state index contributed by atoms with van der Waals surface area (Å²) < 4.78 is 7.74. The number of nitrogens with zero attached hydrogens (tertiary/aromatic N) is 3. The van der Waals surface area contributed by atoms with Crippen LogP contribution in [0.4, 0.5) is 0 Å². The number of phenols is 2. The summed E-state index contributed by atoms with van der Waals surface area (Å²) in [5.74, 6) is -1.18. The third-order valence-corrected chi connectivity index (χ3v) is 7.39. The molecule has 36 heavy (non-hydrogen) atoms. The normalized spacial score (nSPS) is 17.9. The Bertz CT molecular complexity index is 1740. The number of halogens is 1. The monoisotopic (exact) mass is 501 g/mol. The van der Waals surface area contributed by atoms with Gasteiger partial charge in [0.05, 0.1) is 33.7 Å². The molecule has 2 aliphatic rings. The number of phenolic OH excluding ortho intramolecular Hbond substituents is 2. The van der Waals surface area contributed by atoms with E-state index in [0.717, 1.165) is 5.39 Å². The lowest BCUT2D eigenvalue weighted by Crippen LogP contribution is -2.36. The van der Waals surface area contributed by atoms with E-state index >= 15 is 0 Å². The molecule has 1 aliphatic carbocycles. The van der Waals surface area contributed by atoms with Crippen molar-refractivity contribution in [3.8, 4) is 22.9 Å². The van der Waals surface area contributed by atoms with E-state index in [1.165, 1.54) is 13.8 Å². The summed E-state index contributed by atoms with van der Waals surface area (Å²) in [6, 6.07) is 7.15. The number of aromatic hydroxyl groups is 2. The average Bonchev–Trinajstić information content (AvgIpc) is 3.31. The van der Waals surface area contributed by atoms with E-state index in [1.54, 1.807) is 49.0 Å². The summed E-state index contributed by atoms with van der Waals surface area (Å²) in [5.41, 5.74) is 1.57. The Morgan fingerprint density at radius 3 is 2.64 bits per heavy atom. The Morgan fingerprint density at radius 2 is 1.92 bits per heavy atom. The Balaban J connectivity index is 1.64. The molecular formula is C27H20ClN3O5. The standard InChI is InChI=1S/C27H20ClN3O5/c1-11-23(33)21(13(3)32)25-22(24(11)34)27(4)19(36-25)10-18-20(26(27)35)12(2)30-31(18)17-7-8-29-16-9-14(28)5-6-15(16)17/h5-10,33-34H,1-4H3/t27-/m0/s1. The Hall–Kier alpha value is -4.17. The van der Waals surface area contributed by atoms with Crippen molar-refractivity contribution in [2.24, 2.45) is 0 Å². The van der Waals surface area contributed by atoms with Gasteiger partial charge in [-0.15, -0.1) is 0 Å². The molecule has 0 amide bonds. The fourth-order valence-electron chi connectivity index (χ4n) is 5.26. The molecule has 4 aromatic rings. The molecule has 0 unspecified atom stereocenters. The quantitative estimate of drug-likeness (QED) is 0.363. The van der Waals surface area contributed by atoms with E-state index in [0.29, 0.717) is 33.2 Å². The summed E-state index contributed by atoms with van der Waals surface area (Å²) in [6.07, 6.45) is 3.35. The van der Waals surface area contributed by atoms with Gasteiger partial charge in [-0.05, 0) is 52.0 Å². The number of fused-ring (bicyclic) bond motifs is 5. The van der Waals surface area contributed by atoms with Crippen molar-refractivity contribution in [2.75, 3.05) is 0 Å². The average molecular weight is 502 g/mol. The van der Waals surface area contributed by atoms with Crippen LogP contribution in [0.2, 0.25) is 5.02 Å². The van der Waals surface area contributed by atoms with Crippen molar-refractivity contribution in [2.45, 2.75) is 33.1 Å². The number of rotatable bonds is 2. The van der Waals surface area contributed by atoms with Crippen LogP contribution in [0.5, 0.6) is 17.2 Å². The molecular weight excluding hydrogens is 482 g/mol. The highest BCUT2D eigenvalue weighted by Crippen LogP contribution is 2.58. The number of aryl methyl sites for hydroxylation is 1. The smallest absolute Gasteiger partial charge is 0.185 e. The molecule has 0 saturated heterocycles. The molecule has 0 radical (unpaired) electrons. The van der Waals surface area contributed by atoms with E-state index in [-0.39, 0.29) is 45.5 Å². The molecule has 9 heteroatoms. The number of aromatic nitrogens is 3. The first-order valence-corrected chi connectivity index (χ1v) is 11.6. The van der Waals surface area contributed by atoms with Gasteiger partial charge in [-0.1, -0.05) is 11.6 Å². The van der Waals surface area contributed by atoms with Crippen LogP contribution in [0.25, 0.3) is 22.7 Å². The van der Waals surface area contributed by atoms with Gasteiger partial charge in [0.15, 0.2) is 11.6 Å². The van der Waals surface area contributed by atoms with Crippen LogP contribution >= 0.6 is 11.6 Å². The molecule has 6 rings (SSSR count). The largest absolute Gasteiger partial charge is 0.507 e. The van der Waals surface area contributed by atoms with Gasteiger partial charge in [-0.25, -0.2) is 4.68 Å². The number of allylic oxidation sites excluding steroid dienone is 1. The summed E-state index contributed by atoms with van der Waals surface area (Å²) in [6.45, 7) is 6.19. The molecule has 0 bridgehead atoms. The minimum Gasteiger partial charge on any atom is -0.507 e. The molecule has 8 nitrogen and oxygen atoms in total. The second-order valence-corrected chi connectivity index (χ2v) is 9.71. The molecule has 1 atom stereocenters. The number of carbonyl (C=O) groups is 2. The predicted molar refractivity (Wildman–Crippen MR) is 133 cm³/mol. The van der Waals surface area contributed by atoms with Crippen LogP contribution in [0.15, 0.2) is 36.2 Å². The topological polar surface area (TPSA) is 115 Å². The number of benzene rings is 2. The van der Waals surface area contributed by atoms with Gasteiger partial charge < -0.3 is 14.9 Å². The molecule has 180 valence electrons. The number of ether oxygens (including phenoxy) is 1. The fraction of sp³-hybridized carbons (Fsp3) is 0.185. The second-order valence-electron chi connectivity index (χ2n) is 9.27. The summed E-state index contributed by atoms with van der Waals surface area (Å²) in [4.78, 5) is 30.9. The number of Topliss-reactive ketones (excluding diaryl/α,β-unsaturated/α-hetero) is 2. The van der Waals surface area contributed by atoms with Gasteiger partial charge in [0, 0.05) is 28.2 Å². The Morgan fingerprint density at radius 1 is 1.17 bits per heavy atom. The van der Waals surface area contributed by atoms with E-state index in [4.69, 9.17) is 16.3 Å². The SMILES string of the molecule is CC(=O)c1c(O)c(C)c(O)c2c1OC1=Cc3c(c(C)nn3-c3ccnc4cc(Cl)ccc34)C(=O)[C@@]12C. The molecule has 2 N–H and O–H groups in total. The van der Waals surface area contributed by atoms with Crippen LogP contribution in [-0.2, 0) is 5.41 Å². The van der Waals surface area contributed by atoms with E-state index in [2.05, 4.69) is 10.1 Å². The zero-order valence-corrected chi connectivity index (χ0v) is 20.6. The number of hydrogen-bond acceptors (Lipinski definition) is 7. The third-order valence-electron chi connectivity index (χ3n) is 7.15. The van der Waals surface area contributed by atoms with Crippen molar-refractivity contribution in [1.29, 1.82) is 0 Å². The van der Waals surface area contributed by atoms with Gasteiger partial charge in [0.25, 0.3) is 0 Å². The van der Waals surface area contributed by atoms with Crippen molar-refractivity contribution in [1.82, 2.24) is 14.8 Å². The van der Waals surface area contributed by atoms with Crippen LogP contribution < -0.4 is 4.74 Å². The van der Waals surface area contributed by atoms with Gasteiger partial charge in [-0.3, -0.25) is 14.6 Å². The second kappa shape index (κ2) is 7.18. The highest BCUT2D eigenvalue weighted by Gasteiger charge is 2.55. The van der Waals surface area contributed by atoms with Crippen molar-refractivity contribution in [3.63, 3.8) is 0 Å². The van der Waals surface area contributed by atoms with E-state index < -0.39 is 11.2 Å². The summed E-state index contributed by atoms with van der Waals surface area (Å²) in [7, 11) is 0. The van der Waals surface area contributed by atoms with Crippen molar-refractivity contribution in [3.05, 3.63) is 74.9 Å². The van der Waals surface area contributed by atoms with Crippen molar-refractivity contribution < 1.29 is 24.5 Å². The first kappa shape index (κ1) is 22.3. The molecule has 3 heterocycles. The first-order valence-electron chi connectivity index (χ1n) is 11.2. The Kier molecular flexibility index (Phi) is 4.45. The molecule has 0 saturated carbocycles. The molecule has 0 fully saturated rings. The number of ketones is 2. The summed E-state index contributed by atoms with van der Waals surface area (Å²) in [5, 5.41) is 27.6. The van der Waals surface area contributed by atoms with Crippen molar-refractivity contribution >= 4 is 40.1 Å². The van der Waals surface area contributed by atoms with E-state index in [9.17, 15) is 19.8 Å². The maximum Gasteiger partial charge on any atom is 0.185 e. The zero-order valence-electron chi connectivity index (χ0n) is 19.8. The summed E-state index contributed by atoms with van der Waals surface area (Å²) >= 11 is 6.15. The lowest BCUT2D eigenvalue weighted by Gasteiger charge is -2.27. The van der Waals surface area contributed by atoms with Crippen LogP contribution in [0.3, 0.4) is 0 Å². The molecule has 2 aromatic carbocycles. The van der Waals surface area contributed by atoms with Gasteiger partial charge in [-0.2, -0.15) is 5.10 Å². The number of carbonyl (C=O) groups excluding carboxylic acids is 2. The van der Waals surface area contributed by atoms with Gasteiger partial charge >= 0.3 is 0 Å². The van der Waals surface area contributed by atoms with Gasteiger partial charge in [0.1, 0.15) is 34.0 Å². The van der Waals surface area contributed by atoms with Crippen LogP contribution in [0.1, 0.15) is 57.1 Å². The predicted octanol–water partition coefficient (Wildman–Crippen LogP) is 5.19. The minimum atomic E-state index is -1.40. The lowest BCUT2D eigenvalue weighted by atomic mass is 9.71. The van der Waals surface area contributed by atoms with Gasteiger partial charge in [0.2, 0.25) is 0 Å².